The van der Waals surface area contributed by atoms with Crippen molar-refractivity contribution in [3.63, 3.8) is 0 Å². The summed E-state index contributed by atoms with van der Waals surface area (Å²) in [4.78, 5) is 8.74. The second kappa shape index (κ2) is 6.26. The van der Waals surface area contributed by atoms with Crippen LogP contribution in [0.2, 0.25) is 0 Å². The Morgan fingerprint density at radius 1 is 1.20 bits per heavy atom. The summed E-state index contributed by atoms with van der Waals surface area (Å²) in [6.07, 6.45) is 1.70. The molecule has 1 N–H and O–H groups in total. The molecule has 3 nitrogen and oxygen atoms in total. The maximum Gasteiger partial charge on any atom is 0.161 e. The first-order valence-electron chi connectivity index (χ1n) is 6.26. The molecule has 0 atom stereocenters. The molecule has 0 aliphatic carbocycles. The smallest absolute Gasteiger partial charge is 0.161 e. The number of aryl methyl sites for hydroxylation is 1. The topological polar surface area (TPSA) is 37.8 Å². The molecule has 0 bridgehead atoms. The highest BCUT2D eigenvalue weighted by Gasteiger charge is 2.13. The van der Waals surface area contributed by atoms with E-state index >= 15 is 0 Å². The quantitative estimate of drug-likeness (QED) is 0.906. The Kier molecular flexibility index (Phi) is 4.65. The number of hydrogen-bond acceptors (Lipinski definition) is 3. The van der Waals surface area contributed by atoms with Crippen molar-refractivity contribution >= 4 is 21.7 Å². The molecule has 2 rings (SSSR count). The van der Waals surface area contributed by atoms with Crippen LogP contribution in [0.25, 0.3) is 11.4 Å². The zero-order valence-corrected chi connectivity index (χ0v) is 12.8. The van der Waals surface area contributed by atoms with E-state index in [1.165, 1.54) is 6.07 Å². The average Bonchev–Trinajstić information content (AvgIpc) is 2.44. The average molecular weight is 342 g/mol. The van der Waals surface area contributed by atoms with E-state index in [1.807, 2.05) is 6.92 Å². The van der Waals surface area contributed by atoms with Gasteiger partial charge in [-0.1, -0.05) is 13.3 Å². The molecule has 0 saturated carbocycles. The van der Waals surface area contributed by atoms with Crippen LogP contribution in [0.1, 0.15) is 19.0 Å². The predicted octanol–water partition coefficient (Wildman–Crippen LogP) is 4.18. The Hall–Kier alpha value is -1.56. The number of halogens is 3. The van der Waals surface area contributed by atoms with Crippen molar-refractivity contribution in [1.29, 1.82) is 0 Å². The van der Waals surface area contributed by atoms with Gasteiger partial charge in [0.15, 0.2) is 17.5 Å². The lowest BCUT2D eigenvalue weighted by molar-refractivity contribution is 0.509. The predicted molar refractivity (Wildman–Crippen MR) is 78.6 cm³/mol. The number of benzene rings is 1. The van der Waals surface area contributed by atoms with Crippen LogP contribution >= 0.6 is 15.9 Å². The number of hydrogen-bond donors (Lipinski definition) is 1. The fourth-order valence-corrected chi connectivity index (χ4v) is 2.40. The molecule has 6 heteroatoms. The van der Waals surface area contributed by atoms with Crippen molar-refractivity contribution in [2.24, 2.45) is 0 Å². The molecule has 0 radical (unpaired) electrons. The normalized spacial score (nSPS) is 10.7. The lowest BCUT2D eigenvalue weighted by atomic mass is 10.2. The van der Waals surface area contributed by atoms with E-state index in [2.05, 4.69) is 31.2 Å². The van der Waals surface area contributed by atoms with Gasteiger partial charge in [-0.25, -0.2) is 18.7 Å². The Morgan fingerprint density at radius 3 is 2.55 bits per heavy atom. The lowest BCUT2D eigenvalue weighted by Gasteiger charge is -2.11. The summed E-state index contributed by atoms with van der Waals surface area (Å²) >= 11 is 3.45. The number of nitrogens with zero attached hydrogens (tertiary/aromatic N) is 2. The molecule has 0 unspecified atom stereocenters. The van der Waals surface area contributed by atoms with Crippen LogP contribution in [0.3, 0.4) is 0 Å². The van der Waals surface area contributed by atoms with E-state index in [-0.39, 0.29) is 0 Å². The van der Waals surface area contributed by atoms with Gasteiger partial charge in [-0.15, -0.1) is 0 Å². The molecule has 2 aromatic rings. The summed E-state index contributed by atoms with van der Waals surface area (Å²) in [5.41, 5.74) is 1.29. The maximum absolute atomic E-state index is 13.3. The molecule has 1 aromatic heterocycles. The highest BCUT2D eigenvalue weighted by molar-refractivity contribution is 9.10. The standard InChI is InChI=1S/C14H14BrF2N3/c1-3-4-11-12(15)14(18-2)20-13(19-11)8-5-6-9(16)10(17)7-8/h5-7H,3-4H2,1-2H3,(H,18,19,20). The van der Waals surface area contributed by atoms with Crippen molar-refractivity contribution in [2.45, 2.75) is 19.8 Å². The van der Waals surface area contributed by atoms with Gasteiger partial charge in [0.2, 0.25) is 0 Å². The van der Waals surface area contributed by atoms with Gasteiger partial charge in [-0.05, 0) is 40.5 Å². The van der Waals surface area contributed by atoms with Gasteiger partial charge in [-0.2, -0.15) is 0 Å². The van der Waals surface area contributed by atoms with Gasteiger partial charge >= 0.3 is 0 Å². The highest BCUT2D eigenvalue weighted by Crippen LogP contribution is 2.28. The summed E-state index contributed by atoms with van der Waals surface area (Å²) in [5.74, 6) is -0.784. The van der Waals surface area contributed by atoms with E-state index in [0.29, 0.717) is 17.2 Å². The Bertz CT molecular complexity index is 632. The van der Waals surface area contributed by atoms with Crippen molar-refractivity contribution in [3.8, 4) is 11.4 Å². The highest BCUT2D eigenvalue weighted by atomic mass is 79.9. The molecule has 1 aromatic carbocycles. The van der Waals surface area contributed by atoms with Crippen LogP contribution in [-0.2, 0) is 6.42 Å². The summed E-state index contributed by atoms with van der Waals surface area (Å²) in [6.45, 7) is 2.05. The van der Waals surface area contributed by atoms with Crippen LogP contribution in [0, 0.1) is 11.6 Å². The Balaban J connectivity index is 2.55. The largest absolute Gasteiger partial charge is 0.372 e. The first kappa shape index (κ1) is 14.8. The molecule has 0 saturated heterocycles. The summed E-state index contributed by atoms with van der Waals surface area (Å²) in [6, 6.07) is 3.65. The molecule has 0 spiro atoms. The van der Waals surface area contributed by atoms with Gasteiger partial charge in [0.05, 0.1) is 10.2 Å². The maximum atomic E-state index is 13.3. The zero-order chi connectivity index (χ0) is 14.7. The van der Waals surface area contributed by atoms with E-state index in [9.17, 15) is 8.78 Å². The van der Waals surface area contributed by atoms with Crippen LogP contribution in [0.4, 0.5) is 14.6 Å². The SMILES string of the molecule is CCCc1nc(-c2ccc(F)c(F)c2)nc(NC)c1Br. The van der Waals surface area contributed by atoms with Crippen LogP contribution in [0.15, 0.2) is 22.7 Å². The van der Waals surface area contributed by atoms with E-state index < -0.39 is 11.6 Å². The number of aromatic nitrogens is 2. The fourth-order valence-electron chi connectivity index (χ4n) is 1.83. The molecular weight excluding hydrogens is 328 g/mol. The molecule has 20 heavy (non-hydrogen) atoms. The summed E-state index contributed by atoms with van der Waals surface area (Å²) in [7, 11) is 1.75. The minimum atomic E-state index is -0.905. The minimum absolute atomic E-state index is 0.375. The Morgan fingerprint density at radius 2 is 1.95 bits per heavy atom. The van der Waals surface area contributed by atoms with E-state index in [4.69, 9.17) is 0 Å². The second-order valence-electron chi connectivity index (χ2n) is 4.29. The first-order valence-corrected chi connectivity index (χ1v) is 7.05. The molecule has 1 heterocycles. The van der Waals surface area contributed by atoms with Crippen LogP contribution < -0.4 is 5.32 Å². The van der Waals surface area contributed by atoms with Crippen LogP contribution in [-0.4, -0.2) is 17.0 Å². The van der Waals surface area contributed by atoms with Gasteiger partial charge in [-0.3, -0.25) is 0 Å². The van der Waals surface area contributed by atoms with Crippen molar-refractivity contribution in [3.05, 3.63) is 40.0 Å². The van der Waals surface area contributed by atoms with E-state index in [1.54, 1.807) is 7.05 Å². The third kappa shape index (κ3) is 2.95. The number of rotatable bonds is 4. The summed E-state index contributed by atoms with van der Waals surface area (Å²) in [5, 5.41) is 2.96. The third-order valence-corrected chi connectivity index (χ3v) is 3.65. The third-order valence-electron chi connectivity index (χ3n) is 2.82. The number of anilines is 1. The van der Waals surface area contributed by atoms with Gasteiger partial charge < -0.3 is 5.32 Å². The van der Waals surface area contributed by atoms with Crippen molar-refractivity contribution in [2.75, 3.05) is 12.4 Å². The van der Waals surface area contributed by atoms with Crippen molar-refractivity contribution < 1.29 is 8.78 Å². The molecule has 0 aliphatic rings. The number of nitrogens with one attached hydrogen (secondary N) is 1. The monoisotopic (exact) mass is 341 g/mol. The minimum Gasteiger partial charge on any atom is -0.372 e. The van der Waals surface area contributed by atoms with E-state index in [0.717, 1.165) is 35.1 Å². The molecule has 0 fully saturated rings. The fraction of sp³-hybridized carbons (Fsp3) is 0.286. The molecule has 0 amide bonds. The Labute approximate surface area is 124 Å². The zero-order valence-electron chi connectivity index (χ0n) is 11.2. The molecule has 106 valence electrons. The molecular formula is C14H14BrF2N3. The molecule has 0 aliphatic heterocycles. The summed E-state index contributed by atoms with van der Waals surface area (Å²) < 4.78 is 27.1. The lowest BCUT2D eigenvalue weighted by Crippen LogP contribution is -2.03. The van der Waals surface area contributed by atoms with Gasteiger partial charge in [0, 0.05) is 12.6 Å². The van der Waals surface area contributed by atoms with Crippen molar-refractivity contribution in [1.82, 2.24) is 9.97 Å². The second-order valence-corrected chi connectivity index (χ2v) is 5.08. The van der Waals surface area contributed by atoms with Gasteiger partial charge in [0.25, 0.3) is 0 Å². The first-order chi connectivity index (χ1) is 9.56. The van der Waals surface area contributed by atoms with Gasteiger partial charge in [0.1, 0.15) is 5.82 Å². The van der Waals surface area contributed by atoms with Crippen LogP contribution in [0.5, 0.6) is 0 Å².